The average Bonchev–Trinajstić information content (AvgIpc) is 3.09. The Morgan fingerprint density at radius 1 is 1.00 bits per heavy atom. The third-order valence-electron chi connectivity index (χ3n) is 7.41. The normalized spacial score (nSPS) is 25.8. The molecule has 3 unspecified atom stereocenters. The van der Waals surface area contributed by atoms with Crippen LogP contribution in [0.15, 0.2) is 48.5 Å². The zero-order chi connectivity index (χ0) is 20.7. The van der Waals surface area contributed by atoms with Gasteiger partial charge in [-0.3, -0.25) is 9.59 Å². The summed E-state index contributed by atoms with van der Waals surface area (Å²) in [6.07, 6.45) is 5.42. The molecule has 0 aromatic heterocycles. The first kappa shape index (κ1) is 19.3. The molecule has 2 aromatic carbocycles. The van der Waals surface area contributed by atoms with Gasteiger partial charge in [0, 0.05) is 31.1 Å². The molecule has 4 nitrogen and oxygen atoms in total. The second-order valence-corrected chi connectivity index (χ2v) is 9.21. The summed E-state index contributed by atoms with van der Waals surface area (Å²) in [5, 5.41) is 0. The second kappa shape index (κ2) is 7.90. The number of hydrogen-bond donors (Lipinski definition) is 0. The van der Waals surface area contributed by atoms with Crippen molar-refractivity contribution in [3.05, 3.63) is 70.8 Å². The fourth-order valence-corrected chi connectivity index (χ4v) is 5.68. The van der Waals surface area contributed by atoms with Gasteiger partial charge in [-0.1, -0.05) is 62.2 Å². The SMILES string of the molecule is CC1CCCCC1C(=O)N1CCc2ccccc2C1CN1Cc2ccccc2C1=O. The van der Waals surface area contributed by atoms with Crippen LogP contribution < -0.4 is 0 Å². The molecule has 2 heterocycles. The average molecular weight is 403 g/mol. The lowest BCUT2D eigenvalue weighted by molar-refractivity contribution is -0.141. The van der Waals surface area contributed by atoms with Gasteiger partial charge in [-0.15, -0.1) is 0 Å². The van der Waals surface area contributed by atoms with Crippen molar-refractivity contribution in [2.75, 3.05) is 13.1 Å². The first-order chi connectivity index (χ1) is 14.6. The molecular weight excluding hydrogens is 372 g/mol. The molecule has 3 atom stereocenters. The molecule has 1 aliphatic carbocycles. The molecule has 3 aliphatic rings. The molecule has 4 heteroatoms. The molecule has 2 amide bonds. The van der Waals surface area contributed by atoms with Crippen molar-refractivity contribution >= 4 is 11.8 Å². The summed E-state index contributed by atoms with van der Waals surface area (Å²) in [7, 11) is 0. The van der Waals surface area contributed by atoms with Gasteiger partial charge in [-0.05, 0) is 47.9 Å². The minimum absolute atomic E-state index is 0.0603. The highest BCUT2D eigenvalue weighted by Gasteiger charge is 2.39. The van der Waals surface area contributed by atoms with E-state index in [2.05, 4.69) is 36.1 Å². The highest BCUT2D eigenvalue weighted by atomic mass is 16.2. The molecule has 0 N–H and O–H groups in total. The van der Waals surface area contributed by atoms with E-state index in [1.54, 1.807) is 0 Å². The maximum atomic E-state index is 13.7. The van der Waals surface area contributed by atoms with Crippen LogP contribution in [-0.4, -0.2) is 34.7 Å². The topological polar surface area (TPSA) is 40.6 Å². The molecule has 1 fully saturated rings. The van der Waals surface area contributed by atoms with Crippen LogP contribution in [0.25, 0.3) is 0 Å². The predicted molar refractivity (Wildman–Crippen MR) is 117 cm³/mol. The van der Waals surface area contributed by atoms with Gasteiger partial charge in [0.1, 0.15) is 0 Å². The highest BCUT2D eigenvalue weighted by molar-refractivity contribution is 5.98. The van der Waals surface area contributed by atoms with Crippen molar-refractivity contribution in [3.8, 4) is 0 Å². The molecule has 2 aromatic rings. The zero-order valence-corrected chi connectivity index (χ0v) is 17.7. The Labute approximate surface area is 178 Å². The van der Waals surface area contributed by atoms with Crippen molar-refractivity contribution in [2.24, 2.45) is 11.8 Å². The van der Waals surface area contributed by atoms with Gasteiger partial charge in [-0.25, -0.2) is 0 Å². The Bertz CT molecular complexity index is 969. The van der Waals surface area contributed by atoms with E-state index >= 15 is 0 Å². The largest absolute Gasteiger partial charge is 0.333 e. The molecule has 30 heavy (non-hydrogen) atoms. The Morgan fingerprint density at radius 3 is 2.53 bits per heavy atom. The van der Waals surface area contributed by atoms with Crippen LogP contribution in [0, 0.1) is 11.8 Å². The molecule has 0 radical (unpaired) electrons. The summed E-state index contributed by atoms with van der Waals surface area (Å²) in [4.78, 5) is 30.7. The first-order valence-corrected chi connectivity index (χ1v) is 11.4. The molecule has 1 saturated carbocycles. The Balaban J connectivity index is 1.44. The molecular formula is C26H30N2O2. The van der Waals surface area contributed by atoms with Gasteiger partial charge in [0.25, 0.3) is 5.91 Å². The number of rotatable bonds is 3. The molecule has 5 rings (SSSR count). The number of nitrogens with zero attached hydrogens (tertiary/aromatic N) is 2. The summed E-state index contributed by atoms with van der Waals surface area (Å²) in [6, 6.07) is 16.3. The van der Waals surface area contributed by atoms with Crippen LogP contribution in [0.2, 0.25) is 0 Å². The van der Waals surface area contributed by atoms with E-state index in [0.29, 0.717) is 24.9 Å². The molecule has 0 bridgehead atoms. The third kappa shape index (κ3) is 3.32. The quantitative estimate of drug-likeness (QED) is 0.753. The fraction of sp³-hybridized carbons (Fsp3) is 0.462. The minimum Gasteiger partial charge on any atom is -0.333 e. The first-order valence-electron chi connectivity index (χ1n) is 11.4. The van der Waals surface area contributed by atoms with Crippen LogP contribution in [0.5, 0.6) is 0 Å². The van der Waals surface area contributed by atoms with E-state index in [1.807, 2.05) is 29.2 Å². The van der Waals surface area contributed by atoms with Gasteiger partial charge in [0.15, 0.2) is 0 Å². The summed E-state index contributed by atoms with van der Waals surface area (Å²) in [5.74, 6) is 0.956. The lowest BCUT2D eigenvalue weighted by Crippen LogP contribution is -2.48. The Morgan fingerprint density at radius 2 is 1.73 bits per heavy atom. The highest BCUT2D eigenvalue weighted by Crippen LogP contribution is 2.37. The van der Waals surface area contributed by atoms with Crippen molar-refractivity contribution in [3.63, 3.8) is 0 Å². The van der Waals surface area contributed by atoms with Gasteiger partial charge in [-0.2, -0.15) is 0 Å². The number of amides is 2. The maximum Gasteiger partial charge on any atom is 0.254 e. The molecule has 156 valence electrons. The number of carbonyl (C=O) groups is 2. The van der Waals surface area contributed by atoms with E-state index in [0.717, 1.165) is 43.4 Å². The minimum atomic E-state index is -0.0603. The van der Waals surface area contributed by atoms with E-state index in [1.165, 1.54) is 17.5 Å². The molecule has 0 saturated heterocycles. The van der Waals surface area contributed by atoms with Crippen molar-refractivity contribution in [1.82, 2.24) is 9.80 Å². The maximum absolute atomic E-state index is 13.7. The predicted octanol–water partition coefficient (Wildman–Crippen LogP) is 4.59. The number of hydrogen-bond acceptors (Lipinski definition) is 2. The van der Waals surface area contributed by atoms with Crippen LogP contribution in [0.4, 0.5) is 0 Å². The van der Waals surface area contributed by atoms with Gasteiger partial charge in [0.05, 0.1) is 6.04 Å². The van der Waals surface area contributed by atoms with Crippen LogP contribution in [0.3, 0.4) is 0 Å². The van der Waals surface area contributed by atoms with Gasteiger partial charge < -0.3 is 9.80 Å². The standard InChI is InChI=1S/C26H30N2O2/c1-18-8-2-5-11-21(18)26(30)28-15-14-19-9-3-6-12-22(19)24(28)17-27-16-20-10-4-7-13-23(20)25(27)29/h3-4,6-7,9-10,12-13,18,21,24H,2,5,8,11,14-17H2,1H3. The van der Waals surface area contributed by atoms with E-state index in [9.17, 15) is 9.59 Å². The lowest BCUT2D eigenvalue weighted by Gasteiger charge is -2.42. The monoisotopic (exact) mass is 402 g/mol. The fourth-order valence-electron chi connectivity index (χ4n) is 5.68. The summed E-state index contributed by atoms with van der Waals surface area (Å²) in [6.45, 7) is 4.18. The second-order valence-electron chi connectivity index (χ2n) is 9.21. The van der Waals surface area contributed by atoms with Crippen LogP contribution in [0.1, 0.15) is 65.7 Å². The third-order valence-corrected chi connectivity index (χ3v) is 7.41. The van der Waals surface area contributed by atoms with Crippen molar-refractivity contribution in [1.29, 1.82) is 0 Å². The van der Waals surface area contributed by atoms with Crippen LogP contribution in [-0.2, 0) is 17.8 Å². The molecule has 0 spiro atoms. The Hall–Kier alpha value is -2.62. The van der Waals surface area contributed by atoms with Crippen LogP contribution >= 0.6 is 0 Å². The smallest absolute Gasteiger partial charge is 0.254 e. The van der Waals surface area contributed by atoms with Crippen molar-refractivity contribution < 1.29 is 9.59 Å². The summed E-state index contributed by atoms with van der Waals surface area (Å²) < 4.78 is 0. The number of benzene rings is 2. The van der Waals surface area contributed by atoms with E-state index < -0.39 is 0 Å². The zero-order valence-electron chi connectivity index (χ0n) is 17.7. The Kier molecular flexibility index (Phi) is 5.10. The van der Waals surface area contributed by atoms with E-state index in [-0.39, 0.29) is 17.9 Å². The van der Waals surface area contributed by atoms with E-state index in [4.69, 9.17) is 0 Å². The van der Waals surface area contributed by atoms with Crippen molar-refractivity contribution in [2.45, 2.75) is 51.6 Å². The number of fused-ring (bicyclic) bond motifs is 2. The summed E-state index contributed by atoms with van der Waals surface area (Å²) in [5.41, 5.74) is 4.42. The summed E-state index contributed by atoms with van der Waals surface area (Å²) >= 11 is 0. The van der Waals surface area contributed by atoms with Gasteiger partial charge in [0.2, 0.25) is 5.91 Å². The lowest BCUT2D eigenvalue weighted by atomic mass is 9.78. The number of carbonyl (C=O) groups excluding carboxylic acids is 2. The van der Waals surface area contributed by atoms with Gasteiger partial charge >= 0.3 is 0 Å². The molecule has 2 aliphatic heterocycles.